The van der Waals surface area contributed by atoms with Gasteiger partial charge in [-0.1, -0.05) is 25.9 Å². The Hall–Kier alpha value is -2.95. The molecule has 1 fully saturated rings. The molecule has 3 aromatic heterocycles. The number of nitrogens with one attached hydrogen (secondary N) is 1. The highest BCUT2D eigenvalue weighted by Gasteiger charge is 2.33. The molecule has 1 unspecified atom stereocenters. The Morgan fingerprint density at radius 2 is 2.16 bits per heavy atom. The van der Waals surface area contributed by atoms with Crippen LogP contribution in [-0.4, -0.2) is 45.8 Å². The first-order valence-electron chi connectivity index (χ1n) is 10.1. The number of carbonyl (C=O) groups excluding carboxylic acids is 1. The highest BCUT2D eigenvalue weighted by Crippen LogP contribution is 2.31. The van der Waals surface area contributed by atoms with E-state index in [0.29, 0.717) is 29.7 Å². The smallest absolute Gasteiger partial charge is 0.238 e. The van der Waals surface area contributed by atoms with Crippen LogP contribution in [0, 0.1) is 0 Å². The summed E-state index contributed by atoms with van der Waals surface area (Å²) in [5.74, 6) is 1.55. The van der Waals surface area contributed by atoms with Gasteiger partial charge in [0.1, 0.15) is 5.82 Å². The maximum atomic E-state index is 12.6. The van der Waals surface area contributed by atoms with E-state index >= 15 is 0 Å². The van der Waals surface area contributed by atoms with Gasteiger partial charge in [0.2, 0.25) is 17.6 Å². The lowest BCUT2D eigenvalue weighted by atomic mass is 9.92. The Labute approximate surface area is 179 Å². The Kier molecular flexibility index (Phi) is 5.46. The molecule has 0 radical (unpaired) electrons. The summed E-state index contributed by atoms with van der Waals surface area (Å²) in [7, 11) is -3.09. The number of furan rings is 1. The van der Waals surface area contributed by atoms with Gasteiger partial charge in [-0.05, 0) is 18.6 Å². The average molecular weight is 448 g/mol. The number of hydrogen-bond acceptors (Lipinski definition) is 8. The maximum Gasteiger partial charge on any atom is 0.238 e. The molecule has 31 heavy (non-hydrogen) atoms. The monoisotopic (exact) mass is 447 g/mol. The number of nitrogens with zero attached hydrogens (tertiary/aromatic N) is 4. The Balaban J connectivity index is 1.45. The molecular weight excluding hydrogens is 422 g/mol. The summed E-state index contributed by atoms with van der Waals surface area (Å²) >= 11 is 0. The van der Waals surface area contributed by atoms with Gasteiger partial charge in [0, 0.05) is 24.3 Å². The van der Waals surface area contributed by atoms with E-state index in [0.717, 1.165) is 5.69 Å². The van der Waals surface area contributed by atoms with Crippen molar-refractivity contribution in [2.75, 3.05) is 16.8 Å². The summed E-state index contributed by atoms with van der Waals surface area (Å²) in [5.41, 5.74) is 0.542. The fourth-order valence-corrected chi connectivity index (χ4v) is 5.08. The second kappa shape index (κ2) is 7.95. The van der Waals surface area contributed by atoms with E-state index in [1.807, 2.05) is 26.8 Å². The molecule has 0 spiro atoms. The Morgan fingerprint density at radius 3 is 2.81 bits per heavy atom. The van der Waals surface area contributed by atoms with Gasteiger partial charge < -0.3 is 14.3 Å². The fraction of sp³-hybridized carbons (Fsp3) is 0.500. The molecule has 1 aliphatic rings. The Morgan fingerprint density at radius 1 is 1.35 bits per heavy atom. The lowest BCUT2D eigenvalue weighted by molar-refractivity contribution is -0.116. The standard InChI is InChI=1S/C20H25N5O5S/c1-20(2,3)15-11-16(25(23-15)13-8-10-31(27,28)12-13)21-17(26)6-7-18-22-19(24-30-18)14-5-4-9-29-14/h4-5,9,11,13H,6-8,10,12H2,1-3H3,(H,21,26). The van der Waals surface area contributed by atoms with Crippen molar-refractivity contribution in [1.82, 2.24) is 19.9 Å². The molecule has 1 N–H and O–H groups in total. The third kappa shape index (κ3) is 4.87. The van der Waals surface area contributed by atoms with Crippen molar-refractivity contribution in [3.63, 3.8) is 0 Å². The summed E-state index contributed by atoms with van der Waals surface area (Å²) in [6, 6.07) is 4.97. The van der Waals surface area contributed by atoms with Gasteiger partial charge in [-0.25, -0.2) is 13.1 Å². The highest BCUT2D eigenvalue weighted by atomic mass is 32.2. The first-order chi connectivity index (χ1) is 14.6. The van der Waals surface area contributed by atoms with Gasteiger partial charge in [0.25, 0.3) is 0 Å². The molecule has 0 saturated carbocycles. The Bertz CT molecular complexity index is 1170. The van der Waals surface area contributed by atoms with Gasteiger partial charge in [-0.15, -0.1) is 0 Å². The molecule has 10 nitrogen and oxygen atoms in total. The van der Waals surface area contributed by atoms with Crippen LogP contribution in [0.1, 0.15) is 51.2 Å². The minimum Gasteiger partial charge on any atom is -0.461 e. The molecule has 3 aromatic rings. The van der Waals surface area contributed by atoms with Gasteiger partial charge in [-0.3, -0.25) is 4.79 Å². The average Bonchev–Trinajstić information content (AvgIpc) is 3.45. The maximum absolute atomic E-state index is 12.6. The van der Waals surface area contributed by atoms with Gasteiger partial charge in [-0.2, -0.15) is 10.1 Å². The summed E-state index contributed by atoms with van der Waals surface area (Å²) in [6.07, 6.45) is 2.38. The van der Waals surface area contributed by atoms with E-state index in [9.17, 15) is 13.2 Å². The van der Waals surface area contributed by atoms with Crippen molar-refractivity contribution in [3.05, 3.63) is 36.0 Å². The van der Waals surface area contributed by atoms with E-state index in [2.05, 4.69) is 20.6 Å². The quantitative estimate of drug-likeness (QED) is 0.610. The number of aryl methyl sites for hydroxylation is 1. The first kappa shape index (κ1) is 21.3. The number of rotatable bonds is 6. The van der Waals surface area contributed by atoms with Crippen LogP contribution < -0.4 is 5.32 Å². The van der Waals surface area contributed by atoms with E-state index in [1.165, 1.54) is 6.26 Å². The molecule has 4 rings (SSSR count). The summed E-state index contributed by atoms with van der Waals surface area (Å²) in [4.78, 5) is 16.8. The van der Waals surface area contributed by atoms with Crippen molar-refractivity contribution in [3.8, 4) is 11.6 Å². The van der Waals surface area contributed by atoms with E-state index < -0.39 is 9.84 Å². The van der Waals surface area contributed by atoms with E-state index in [-0.39, 0.29) is 41.7 Å². The summed E-state index contributed by atoms with van der Waals surface area (Å²) in [6.45, 7) is 6.05. The van der Waals surface area contributed by atoms with Crippen molar-refractivity contribution in [2.24, 2.45) is 0 Å². The SMILES string of the molecule is CC(C)(C)c1cc(NC(=O)CCc2nc(-c3ccco3)no2)n(C2CCS(=O)(=O)C2)n1. The van der Waals surface area contributed by atoms with Gasteiger partial charge >= 0.3 is 0 Å². The lowest BCUT2D eigenvalue weighted by Crippen LogP contribution is -2.20. The van der Waals surface area contributed by atoms with Crippen LogP contribution in [-0.2, 0) is 26.5 Å². The van der Waals surface area contributed by atoms with Crippen LogP contribution in [0.15, 0.2) is 33.4 Å². The second-order valence-electron chi connectivity index (χ2n) is 8.70. The molecule has 1 atom stereocenters. The number of aromatic nitrogens is 4. The molecule has 1 aliphatic heterocycles. The minimum absolute atomic E-state index is 0.0265. The fourth-order valence-electron chi connectivity index (χ4n) is 3.39. The molecule has 0 aliphatic carbocycles. The number of carbonyl (C=O) groups is 1. The van der Waals surface area contributed by atoms with Crippen molar-refractivity contribution >= 4 is 21.6 Å². The first-order valence-corrected chi connectivity index (χ1v) is 11.9. The molecule has 0 bridgehead atoms. The number of hydrogen-bond donors (Lipinski definition) is 1. The van der Waals surface area contributed by atoms with Crippen LogP contribution in [0.3, 0.4) is 0 Å². The largest absolute Gasteiger partial charge is 0.461 e. The molecule has 166 valence electrons. The van der Waals surface area contributed by atoms with Crippen LogP contribution in [0.2, 0.25) is 0 Å². The molecule has 0 aromatic carbocycles. The van der Waals surface area contributed by atoms with Crippen molar-refractivity contribution in [1.29, 1.82) is 0 Å². The number of amides is 1. The second-order valence-corrected chi connectivity index (χ2v) is 10.9. The molecule has 1 saturated heterocycles. The lowest BCUT2D eigenvalue weighted by Gasteiger charge is -2.15. The predicted octanol–water partition coefficient (Wildman–Crippen LogP) is 2.75. The normalized spacial score (nSPS) is 18.4. The third-order valence-corrected chi connectivity index (χ3v) is 6.85. The van der Waals surface area contributed by atoms with E-state index in [4.69, 9.17) is 8.94 Å². The van der Waals surface area contributed by atoms with Gasteiger partial charge in [0.15, 0.2) is 15.6 Å². The van der Waals surface area contributed by atoms with Crippen LogP contribution in [0.5, 0.6) is 0 Å². The zero-order valence-electron chi connectivity index (χ0n) is 17.7. The van der Waals surface area contributed by atoms with Crippen molar-refractivity contribution < 1.29 is 22.2 Å². The molecule has 4 heterocycles. The summed E-state index contributed by atoms with van der Waals surface area (Å²) < 4.78 is 35.9. The minimum atomic E-state index is -3.09. The predicted molar refractivity (Wildman–Crippen MR) is 112 cm³/mol. The zero-order valence-corrected chi connectivity index (χ0v) is 18.5. The van der Waals surface area contributed by atoms with Crippen LogP contribution >= 0.6 is 0 Å². The molecular formula is C20H25N5O5S. The summed E-state index contributed by atoms with van der Waals surface area (Å²) in [5, 5.41) is 11.3. The third-order valence-electron chi connectivity index (χ3n) is 5.10. The number of sulfone groups is 1. The zero-order chi connectivity index (χ0) is 22.2. The number of anilines is 1. The van der Waals surface area contributed by atoms with E-state index in [1.54, 1.807) is 16.8 Å². The highest BCUT2D eigenvalue weighted by molar-refractivity contribution is 7.91. The molecule has 1 amide bonds. The van der Waals surface area contributed by atoms with Crippen LogP contribution in [0.25, 0.3) is 11.6 Å². The van der Waals surface area contributed by atoms with Crippen molar-refractivity contribution in [2.45, 2.75) is 51.5 Å². The van der Waals surface area contributed by atoms with Gasteiger partial charge in [0.05, 0.1) is 29.5 Å². The molecule has 11 heteroatoms. The topological polar surface area (TPSA) is 133 Å². The van der Waals surface area contributed by atoms with Crippen LogP contribution in [0.4, 0.5) is 5.82 Å².